The van der Waals surface area contributed by atoms with Crippen molar-refractivity contribution in [1.82, 2.24) is 14.8 Å². The van der Waals surface area contributed by atoms with Gasteiger partial charge in [-0.05, 0) is 54.5 Å². The van der Waals surface area contributed by atoms with Gasteiger partial charge < -0.3 is 14.5 Å². The van der Waals surface area contributed by atoms with E-state index in [0.29, 0.717) is 12.4 Å². The van der Waals surface area contributed by atoms with Gasteiger partial charge in [0.25, 0.3) is 0 Å². The maximum atomic E-state index is 12.6. The molecule has 0 N–H and O–H groups in total. The lowest BCUT2D eigenvalue weighted by atomic mass is 9.97. The zero-order valence-electron chi connectivity index (χ0n) is 12.9. The summed E-state index contributed by atoms with van der Waals surface area (Å²) < 4.78 is 6.79. The van der Waals surface area contributed by atoms with Gasteiger partial charge in [0.15, 0.2) is 0 Å². The molecule has 2 fully saturated rings. The first kappa shape index (κ1) is 15.7. The SMILES string of the molecule is CN1CCCC(C(=O)N2CCC(Oc3ncccc3Br)C2)C1. The zero-order chi connectivity index (χ0) is 15.5. The summed E-state index contributed by atoms with van der Waals surface area (Å²) >= 11 is 3.44. The fraction of sp³-hybridized carbons (Fsp3) is 0.625. The molecule has 0 saturated carbocycles. The minimum absolute atomic E-state index is 0.0384. The van der Waals surface area contributed by atoms with Crippen molar-refractivity contribution in [2.75, 3.05) is 33.2 Å². The molecule has 0 aliphatic carbocycles. The summed E-state index contributed by atoms with van der Waals surface area (Å²) in [6, 6.07) is 3.78. The van der Waals surface area contributed by atoms with Crippen molar-refractivity contribution in [3.8, 4) is 5.88 Å². The van der Waals surface area contributed by atoms with Crippen molar-refractivity contribution < 1.29 is 9.53 Å². The normalized spacial score (nSPS) is 26.2. The van der Waals surface area contributed by atoms with E-state index in [2.05, 4.69) is 32.9 Å². The van der Waals surface area contributed by atoms with E-state index in [4.69, 9.17) is 4.74 Å². The largest absolute Gasteiger partial charge is 0.472 e. The van der Waals surface area contributed by atoms with E-state index in [9.17, 15) is 4.79 Å². The molecule has 5 nitrogen and oxygen atoms in total. The van der Waals surface area contributed by atoms with Gasteiger partial charge in [-0.1, -0.05) is 0 Å². The predicted octanol–water partition coefficient (Wildman–Crippen LogP) is 2.17. The lowest BCUT2D eigenvalue weighted by molar-refractivity contribution is -0.136. The molecular weight excluding hydrogens is 346 g/mol. The fourth-order valence-electron chi connectivity index (χ4n) is 3.27. The number of pyridine rings is 1. The number of carbonyl (C=O) groups excluding carboxylic acids is 1. The highest BCUT2D eigenvalue weighted by atomic mass is 79.9. The van der Waals surface area contributed by atoms with Crippen LogP contribution < -0.4 is 4.74 Å². The average molecular weight is 368 g/mol. The molecule has 2 atom stereocenters. The Morgan fingerprint density at radius 2 is 2.23 bits per heavy atom. The molecule has 1 aromatic rings. The molecule has 0 spiro atoms. The van der Waals surface area contributed by atoms with Crippen LogP contribution in [-0.4, -0.2) is 60.0 Å². The molecule has 6 heteroatoms. The standard InChI is InChI=1S/C16H22BrN3O2/c1-19-8-3-4-12(10-19)16(21)20-9-6-13(11-20)22-15-14(17)5-2-7-18-15/h2,5,7,12-13H,3-4,6,8-11H2,1H3. The second kappa shape index (κ2) is 6.96. The minimum atomic E-state index is 0.0384. The summed E-state index contributed by atoms with van der Waals surface area (Å²) in [4.78, 5) is 21.1. The molecule has 22 heavy (non-hydrogen) atoms. The van der Waals surface area contributed by atoms with E-state index in [1.165, 1.54) is 0 Å². The van der Waals surface area contributed by atoms with Crippen molar-refractivity contribution in [2.45, 2.75) is 25.4 Å². The predicted molar refractivity (Wildman–Crippen MR) is 87.8 cm³/mol. The number of aromatic nitrogens is 1. The highest BCUT2D eigenvalue weighted by molar-refractivity contribution is 9.10. The van der Waals surface area contributed by atoms with Gasteiger partial charge in [-0.25, -0.2) is 4.98 Å². The Kier molecular flexibility index (Phi) is 4.98. The third-order valence-corrected chi connectivity index (χ3v) is 5.04. The van der Waals surface area contributed by atoms with Crippen LogP contribution in [0.15, 0.2) is 22.8 Å². The highest BCUT2D eigenvalue weighted by Gasteiger charge is 2.33. The van der Waals surface area contributed by atoms with Crippen LogP contribution in [0.1, 0.15) is 19.3 Å². The molecule has 0 bridgehead atoms. The number of nitrogens with zero attached hydrogens (tertiary/aromatic N) is 3. The molecule has 2 aliphatic heterocycles. The quantitative estimate of drug-likeness (QED) is 0.821. The van der Waals surface area contributed by atoms with E-state index >= 15 is 0 Å². The Balaban J connectivity index is 1.55. The number of amides is 1. The highest BCUT2D eigenvalue weighted by Crippen LogP contribution is 2.26. The van der Waals surface area contributed by atoms with Gasteiger partial charge in [-0.15, -0.1) is 0 Å². The number of hydrogen-bond donors (Lipinski definition) is 0. The molecule has 1 amide bonds. The first-order chi connectivity index (χ1) is 10.6. The van der Waals surface area contributed by atoms with Crippen LogP contribution in [0.5, 0.6) is 5.88 Å². The molecule has 1 aromatic heterocycles. The Labute approximate surface area is 139 Å². The Morgan fingerprint density at radius 1 is 1.36 bits per heavy atom. The monoisotopic (exact) mass is 367 g/mol. The molecule has 3 heterocycles. The topological polar surface area (TPSA) is 45.7 Å². The van der Waals surface area contributed by atoms with Crippen LogP contribution in [-0.2, 0) is 4.79 Å². The molecule has 2 unspecified atom stereocenters. The summed E-state index contributed by atoms with van der Waals surface area (Å²) in [5.74, 6) is 1.05. The fourth-order valence-corrected chi connectivity index (χ4v) is 3.61. The van der Waals surface area contributed by atoms with Gasteiger partial charge in [0.1, 0.15) is 6.10 Å². The van der Waals surface area contributed by atoms with Crippen LogP contribution in [0, 0.1) is 5.92 Å². The van der Waals surface area contributed by atoms with Crippen molar-refractivity contribution >= 4 is 21.8 Å². The number of hydrogen-bond acceptors (Lipinski definition) is 4. The summed E-state index contributed by atoms with van der Waals surface area (Å²) in [5.41, 5.74) is 0. The first-order valence-corrected chi connectivity index (χ1v) is 8.67. The van der Waals surface area contributed by atoms with Gasteiger partial charge >= 0.3 is 0 Å². The lowest BCUT2D eigenvalue weighted by Crippen LogP contribution is -2.43. The molecule has 120 valence electrons. The van der Waals surface area contributed by atoms with Gasteiger partial charge in [0.05, 0.1) is 16.9 Å². The summed E-state index contributed by atoms with van der Waals surface area (Å²) in [7, 11) is 2.09. The second-order valence-electron chi connectivity index (χ2n) is 6.20. The number of likely N-dealkylation sites (tertiary alicyclic amines) is 2. The lowest BCUT2D eigenvalue weighted by Gasteiger charge is -2.31. The smallest absolute Gasteiger partial charge is 0.228 e. The third-order valence-electron chi connectivity index (χ3n) is 4.43. The van der Waals surface area contributed by atoms with E-state index in [1.54, 1.807) is 6.20 Å². The number of piperidine rings is 1. The van der Waals surface area contributed by atoms with Crippen LogP contribution in [0.4, 0.5) is 0 Å². The minimum Gasteiger partial charge on any atom is -0.472 e. The number of ether oxygens (including phenoxy) is 1. The number of carbonyl (C=O) groups is 1. The van der Waals surface area contributed by atoms with Crippen LogP contribution in [0.25, 0.3) is 0 Å². The van der Waals surface area contributed by atoms with E-state index in [1.807, 2.05) is 17.0 Å². The first-order valence-electron chi connectivity index (χ1n) is 7.88. The Hall–Kier alpha value is -1.14. The van der Waals surface area contributed by atoms with Crippen molar-refractivity contribution in [3.63, 3.8) is 0 Å². The van der Waals surface area contributed by atoms with E-state index < -0.39 is 0 Å². The number of halogens is 1. The van der Waals surface area contributed by atoms with Crippen LogP contribution in [0.2, 0.25) is 0 Å². The third kappa shape index (κ3) is 3.60. The van der Waals surface area contributed by atoms with Crippen LogP contribution >= 0.6 is 15.9 Å². The summed E-state index contributed by atoms with van der Waals surface area (Å²) in [5, 5.41) is 0. The van der Waals surface area contributed by atoms with Gasteiger partial charge in [-0.3, -0.25) is 4.79 Å². The van der Waals surface area contributed by atoms with Crippen molar-refractivity contribution in [1.29, 1.82) is 0 Å². The van der Waals surface area contributed by atoms with Crippen molar-refractivity contribution in [2.24, 2.45) is 5.92 Å². The van der Waals surface area contributed by atoms with Gasteiger partial charge in [0, 0.05) is 25.7 Å². The van der Waals surface area contributed by atoms with Gasteiger partial charge in [0.2, 0.25) is 11.8 Å². The van der Waals surface area contributed by atoms with E-state index in [0.717, 1.165) is 43.4 Å². The maximum absolute atomic E-state index is 12.6. The molecular formula is C16H22BrN3O2. The zero-order valence-corrected chi connectivity index (χ0v) is 14.5. The summed E-state index contributed by atoms with van der Waals surface area (Å²) in [6.07, 6.45) is 4.75. The molecule has 2 aliphatic rings. The van der Waals surface area contributed by atoms with Crippen LogP contribution in [0.3, 0.4) is 0 Å². The summed E-state index contributed by atoms with van der Waals surface area (Å²) in [6.45, 7) is 3.44. The molecule has 0 aromatic carbocycles. The molecule has 2 saturated heterocycles. The Bertz CT molecular complexity index is 540. The average Bonchev–Trinajstić information content (AvgIpc) is 2.97. The van der Waals surface area contributed by atoms with E-state index in [-0.39, 0.29) is 17.9 Å². The Morgan fingerprint density at radius 3 is 3.00 bits per heavy atom. The second-order valence-corrected chi connectivity index (χ2v) is 7.06. The molecule has 3 rings (SSSR count). The number of rotatable bonds is 3. The maximum Gasteiger partial charge on any atom is 0.228 e. The molecule has 0 radical (unpaired) electrons. The van der Waals surface area contributed by atoms with Crippen molar-refractivity contribution in [3.05, 3.63) is 22.8 Å². The van der Waals surface area contributed by atoms with Gasteiger partial charge in [-0.2, -0.15) is 0 Å².